The smallest absolute Gasteiger partial charge is 0.126 e. The highest BCUT2D eigenvalue weighted by Crippen LogP contribution is 2.50. The fraction of sp³-hybridized carbons (Fsp3) is 0.625. The summed E-state index contributed by atoms with van der Waals surface area (Å²) in [7, 11) is 0. The average Bonchev–Trinajstić information content (AvgIpc) is 0.815. The maximum Gasteiger partial charge on any atom is 0.126 e. The average molecular weight is 1860 g/mol. The van der Waals surface area contributed by atoms with Crippen LogP contribution < -0.4 is 37.9 Å². The van der Waals surface area contributed by atoms with Crippen molar-refractivity contribution in [2.75, 3.05) is 52.9 Å². The molecule has 14 bridgehead atoms. The molecular formula is C128H190O8. The zero-order valence-corrected chi connectivity index (χ0v) is 92.2. The summed E-state index contributed by atoms with van der Waals surface area (Å²) in [5, 5.41) is 0. The van der Waals surface area contributed by atoms with E-state index in [1.165, 1.54) is 146 Å². The fourth-order valence-electron chi connectivity index (χ4n) is 19.5. The lowest BCUT2D eigenvalue weighted by Gasteiger charge is -2.29. The topological polar surface area (TPSA) is 73.8 Å². The van der Waals surface area contributed by atoms with Gasteiger partial charge >= 0.3 is 0 Å². The Balaban J connectivity index is 1.44. The molecule has 0 fully saturated rings. The van der Waals surface area contributed by atoms with Gasteiger partial charge in [0.15, 0.2) is 0 Å². The molecule has 2 heterocycles. The van der Waals surface area contributed by atoms with Crippen molar-refractivity contribution in [3.8, 4) is 46.0 Å². The maximum absolute atomic E-state index is 7.97. The lowest BCUT2D eigenvalue weighted by atomic mass is 9.79. The summed E-state index contributed by atoms with van der Waals surface area (Å²) in [6, 6.07) is 40.4. The third-order valence-corrected chi connectivity index (χ3v) is 28.4. The molecule has 10 rings (SSSR count). The van der Waals surface area contributed by atoms with Crippen molar-refractivity contribution in [2.45, 2.75) is 469 Å². The molecule has 8 aromatic rings. The number of unbranched alkanes of at least 4 members (excludes halogenated alkanes) is 18. The fourth-order valence-corrected chi connectivity index (χ4v) is 19.5. The second-order valence-corrected chi connectivity index (χ2v) is 49.3. The molecule has 136 heavy (non-hydrogen) atoms. The van der Waals surface area contributed by atoms with Gasteiger partial charge in [-0.3, -0.25) is 0 Å². The van der Waals surface area contributed by atoms with Gasteiger partial charge < -0.3 is 37.9 Å². The Labute approximate surface area is 831 Å². The molecule has 0 saturated carbocycles. The third-order valence-electron chi connectivity index (χ3n) is 28.4. The van der Waals surface area contributed by atoms with Crippen molar-refractivity contribution in [3.05, 3.63) is 231 Å². The second kappa shape index (κ2) is 49.5. The molecule has 2 aliphatic rings. The first-order chi connectivity index (χ1) is 64.2. The minimum atomic E-state index is -0.252. The molecule has 750 valence electrons. The Kier molecular flexibility index (Phi) is 40.1. The standard InChI is InChI=1S/C128H190O8/c1-31-37-43-49-57-129-113-89-65-93-77-107(123(13,14)15)81-97(115(93)131-59-51-45-39-33-3)69-101-85-111(127(25,26)27)87-103-71-99-83-109(125(19,20)21)79-95(117(99)133-61-53-47-41-35-5)67-91-75-106(122(10,11)12)76-92(114(91)130-58-50-44-38-32-2)68-96-80-110(126(22,23)24)84-100(118(96)134-62-54-48-42-36-6)72-104-88-112(128(28,29)30)86-102(120(104)136-64-56-55-63-135-119(101)103)70-98-82-108(124(16,17)18)78-94(116(98)132-60-52-46-40-34-4)66-90(113)74-105(73-89)121(7,8)9/h73-88H,31-72H2,1-30H3. The molecule has 0 radical (unpaired) electrons. The van der Waals surface area contributed by atoms with E-state index in [-0.39, 0.29) is 43.3 Å². The number of rotatable bonds is 36. The molecule has 0 atom stereocenters. The molecular weight excluding hydrogens is 1670 g/mol. The molecule has 8 heteroatoms. The van der Waals surface area contributed by atoms with E-state index >= 15 is 0 Å². The minimum absolute atomic E-state index is 0.226. The molecule has 0 unspecified atom stereocenters. The van der Waals surface area contributed by atoms with Crippen LogP contribution in [0.5, 0.6) is 46.0 Å². The van der Waals surface area contributed by atoms with Crippen molar-refractivity contribution in [2.24, 2.45) is 0 Å². The molecule has 0 aliphatic carbocycles. The predicted molar refractivity (Wildman–Crippen MR) is 582 cm³/mol. The van der Waals surface area contributed by atoms with Gasteiger partial charge in [-0.05, 0) is 228 Å². The molecule has 0 amide bonds. The Hall–Kier alpha value is -7.84. The Bertz CT molecular complexity index is 4540. The summed E-state index contributed by atoms with van der Waals surface area (Å²) in [5.74, 6) is 7.78. The molecule has 0 saturated heterocycles. The number of hydrogen-bond donors (Lipinski definition) is 0. The Morgan fingerprint density at radius 1 is 0.176 bits per heavy atom. The highest BCUT2D eigenvalue weighted by molar-refractivity contribution is 5.64. The number of benzene rings is 8. The van der Waals surface area contributed by atoms with Crippen LogP contribution in [0.4, 0.5) is 0 Å². The first-order valence-electron chi connectivity index (χ1n) is 54.6. The highest BCUT2D eigenvalue weighted by Gasteiger charge is 2.35. The SMILES string of the molecule is CCCCCCOc1c2cc(C(C)(C)C)cc1Cc1cc(C(C)(C)C)cc(c1OCCCCCC)Cc1cc(C(C)(C)C)cc3c1OCCCCOc1c(cc(C(C)(C)C)cc1Cc1cc(C(C)(C)C)cc(c1OCCCCCC)Cc1cc(C(C)(C)C)cc(c1OCCCCCC)Cc1cc(C(C)(C)C)cc(c1OCCCCCC)C3)Cc1cc(C(C)(C)C)cc(c1OCCCCCC)C2. The van der Waals surface area contributed by atoms with Crippen LogP contribution in [0, 0.1) is 0 Å². The van der Waals surface area contributed by atoms with Gasteiger partial charge in [0.2, 0.25) is 0 Å². The van der Waals surface area contributed by atoms with Gasteiger partial charge in [-0.1, -0.05) is 420 Å². The Morgan fingerprint density at radius 3 is 0.426 bits per heavy atom. The lowest BCUT2D eigenvalue weighted by Crippen LogP contribution is -2.18. The van der Waals surface area contributed by atoms with Crippen LogP contribution in [0.1, 0.15) is 508 Å². The first-order valence-corrected chi connectivity index (χ1v) is 54.6. The normalized spacial score (nSPS) is 14.0. The van der Waals surface area contributed by atoms with E-state index in [9.17, 15) is 0 Å². The van der Waals surface area contributed by atoms with Gasteiger partial charge in [0.05, 0.1) is 52.9 Å². The summed E-state index contributed by atoms with van der Waals surface area (Å²) in [6.45, 7) is 76.1. The summed E-state index contributed by atoms with van der Waals surface area (Å²) < 4.78 is 62.3. The summed E-state index contributed by atoms with van der Waals surface area (Å²) in [5.41, 5.74) is 27.3. The van der Waals surface area contributed by atoms with Crippen LogP contribution >= 0.6 is 0 Å². The van der Waals surface area contributed by atoms with Crippen LogP contribution in [-0.4, -0.2) is 52.9 Å². The molecule has 2 aliphatic heterocycles. The van der Waals surface area contributed by atoms with Gasteiger partial charge in [-0.15, -0.1) is 0 Å². The second-order valence-electron chi connectivity index (χ2n) is 49.3. The van der Waals surface area contributed by atoms with Crippen molar-refractivity contribution in [1.82, 2.24) is 0 Å². The van der Waals surface area contributed by atoms with E-state index in [0.717, 1.165) is 200 Å². The largest absolute Gasteiger partial charge is 0.493 e. The van der Waals surface area contributed by atoms with Crippen molar-refractivity contribution >= 4 is 0 Å². The van der Waals surface area contributed by atoms with Crippen molar-refractivity contribution < 1.29 is 37.9 Å². The van der Waals surface area contributed by atoms with E-state index in [1.54, 1.807) is 0 Å². The van der Waals surface area contributed by atoms with Crippen molar-refractivity contribution in [3.63, 3.8) is 0 Å². The monoisotopic (exact) mass is 1860 g/mol. The van der Waals surface area contributed by atoms with Gasteiger partial charge in [0.25, 0.3) is 0 Å². The molecule has 8 nitrogen and oxygen atoms in total. The van der Waals surface area contributed by atoms with Crippen LogP contribution in [0.2, 0.25) is 0 Å². The van der Waals surface area contributed by atoms with Crippen LogP contribution in [0.3, 0.4) is 0 Å². The van der Waals surface area contributed by atoms with Gasteiger partial charge in [0, 0.05) is 51.4 Å². The zero-order chi connectivity index (χ0) is 99.1. The molecule has 0 aromatic heterocycles. The van der Waals surface area contributed by atoms with E-state index in [4.69, 9.17) is 37.9 Å². The lowest BCUT2D eigenvalue weighted by molar-refractivity contribution is 0.261. The summed E-state index contributed by atoms with van der Waals surface area (Å²) in [6.07, 6.45) is 32.6. The highest BCUT2D eigenvalue weighted by atomic mass is 16.5. The van der Waals surface area contributed by atoms with Gasteiger partial charge in [-0.25, -0.2) is 0 Å². The van der Waals surface area contributed by atoms with Crippen LogP contribution in [0.25, 0.3) is 0 Å². The molecule has 0 N–H and O–H groups in total. The van der Waals surface area contributed by atoms with Gasteiger partial charge in [-0.2, -0.15) is 0 Å². The zero-order valence-electron chi connectivity index (χ0n) is 92.2. The van der Waals surface area contributed by atoms with E-state index in [2.05, 4.69) is 305 Å². The first kappa shape index (κ1) is 110. The number of ether oxygens (including phenoxy) is 8. The van der Waals surface area contributed by atoms with Crippen molar-refractivity contribution in [1.29, 1.82) is 0 Å². The van der Waals surface area contributed by atoms with E-state index in [0.29, 0.717) is 104 Å². The number of hydrogen-bond acceptors (Lipinski definition) is 8. The molecule has 0 spiro atoms. The third kappa shape index (κ3) is 31.3. The van der Waals surface area contributed by atoms with E-state index in [1.807, 2.05) is 0 Å². The van der Waals surface area contributed by atoms with Gasteiger partial charge in [0.1, 0.15) is 46.0 Å². The number of fused-ring (bicyclic) bond motifs is 17. The quantitative estimate of drug-likeness (QED) is 0.0360. The van der Waals surface area contributed by atoms with Crippen LogP contribution in [-0.2, 0) is 94.7 Å². The van der Waals surface area contributed by atoms with Crippen LogP contribution in [0.15, 0.2) is 97.1 Å². The molecule has 8 aromatic carbocycles. The summed E-state index contributed by atoms with van der Waals surface area (Å²) in [4.78, 5) is 0. The Morgan fingerprint density at radius 2 is 0.301 bits per heavy atom. The predicted octanol–water partition coefficient (Wildman–Crippen LogP) is 35.4. The van der Waals surface area contributed by atoms with E-state index < -0.39 is 0 Å². The minimum Gasteiger partial charge on any atom is -0.493 e. The maximum atomic E-state index is 7.97. The summed E-state index contributed by atoms with van der Waals surface area (Å²) >= 11 is 0.